The number of nitrogens with one attached hydrogen (secondary N) is 1. The molecule has 1 unspecified atom stereocenters. The van der Waals surface area contributed by atoms with E-state index in [2.05, 4.69) is 5.32 Å². The van der Waals surface area contributed by atoms with Gasteiger partial charge < -0.3 is 14.5 Å². The van der Waals surface area contributed by atoms with Crippen molar-refractivity contribution in [1.82, 2.24) is 5.32 Å². The largest absolute Gasteiger partial charge is 0.496 e. The van der Waals surface area contributed by atoms with E-state index < -0.39 is 5.63 Å². The van der Waals surface area contributed by atoms with Crippen LogP contribution in [0.15, 0.2) is 21.3 Å². The number of ether oxygens (including phenoxy) is 1. The second-order valence-electron chi connectivity index (χ2n) is 4.14. The van der Waals surface area contributed by atoms with Crippen LogP contribution in [-0.4, -0.2) is 13.0 Å². The van der Waals surface area contributed by atoms with Gasteiger partial charge in [0.05, 0.1) is 19.2 Å². The maximum atomic E-state index is 11.3. The number of rotatable bonds is 4. The molecule has 0 bridgehead atoms. The summed E-state index contributed by atoms with van der Waals surface area (Å²) in [4.78, 5) is 22.4. The summed E-state index contributed by atoms with van der Waals surface area (Å²) in [7, 11) is 1.47. The quantitative estimate of drug-likeness (QED) is 0.864. The topological polar surface area (TPSA) is 68.5 Å². The zero-order valence-corrected chi connectivity index (χ0v) is 10.4. The smallest absolute Gasteiger partial charge is 0.339 e. The average Bonchev–Trinajstić information content (AvgIpc) is 2.24. The van der Waals surface area contributed by atoms with Gasteiger partial charge in [0.1, 0.15) is 11.5 Å². The SMILES string of the molecule is COc1cc(C(NC(C)=O)C(C)C)oc(=O)c1. The van der Waals surface area contributed by atoms with Crippen LogP contribution in [0.3, 0.4) is 0 Å². The third kappa shape index (κ3) is 3.62. The number of amides is 1. The van der Waals surface area contributed by atoms with Crippen molar-refractivity contribution in [2.75, 3.05) is 7.11 Å². The lowest BCUT2D eigenvalue weighted by Gasteiger charge is -2.20. The van der Waals surface area contributed by atoms with E-state index in [1.807, 2.05) is 13.8 Å². The van der Waals surface area contributed by atoms with Crippen LogP contribution in [0.2, 0.25) is 0 Å². The van der Waals surface area contributed by atoms with E-state index in [1.165, 1.54) is 20.1 Å². The molecule has 0 saturated carbocycles. The number of hydrogen-bond donors (Lipinski definition) is 1. The molecule has 1 heterocycles. The maximum Gasteiger partial charge on any atom is 0.339 e. The van der Waals surface area contributed by atoms with Gasteiger partial charge in [0, 0.05) is 13.0 Å². The Labute approximate surface area is 99.8 Å². The van der Waals surface area contributed by atoms with E-state index in [1.54, 1.807) is 6.07 Å². The Kier molecular flexibility index (Phi) is 4.31. The molecule has 0 fully saturated rings. The van der Waals surface area contributed by atoms with Gasteiger partial charge in [-0.1, -0.05) is 13.8 Å². The van der Waals surface area contributed by atoms with Crippen molar-refractivity contribution in [1.29, 1.82) is 0 Å². The summed E-state index contributed by atoms with van der Waals surface area (Å²) in [5.41, 5.74) is -0.490. The average molecular weight is 239 g/mol. The second kappa shape index (κ2) is 5.52. The molecule has 0 spiro atoms. The number of carbonyl (C=O) groups excluding carboxylic acids is 1. The molecule has 5 heteroatoms. The highest BCUT2D eigenvalue weighted by Gasteiger charge is 2.20. The van der Waals surface area contributed by atoms with E-state index in [0.717, 1.165) is 0 Å². The lowest BCUT2D eigenvalue weighted by Crippen LogP contribution is -2.30. The molecule has 0 aliphatic carbocycles. The molecule has 1 aromatic heterocycles. The van der Waals surface area contributed by atoms with Crippen molar-refractivity contribution >= 4 is 5.91 Å². The zero-order valence-electron chi connectivity index (χ0n) is 10.4. The molecule has 1 aromatic rings. The highest BCUT2D eigenvalue weighted by molar-refractivity contribution is 5.73. The maximum absolute atomic E-state index is 11.3. The monoisotopic (exact) mass is 239 g/mol. The Hall–Kier alpha value is -1.78. The van der Waals surface area contributed by atoms with Gasteiger partial charge >= 0.3 is 5.63 Å². The van der Waals surface area contributed by atoms with Gasteiger partial charge in [0.25, 0.3) is 0 Å². The van der Waals surface area contributed by atoms with Crippen molar-refractivity contribution in [3.8, 4) is 5.75 Å². The fourth-order valence-corrected chi connectivity index (χ4v) is 1.53. The van der Waals surface area contributed by atoms with Gasteiger partial charge in [-0.15, -0.1) is 0 Å². The molecule has 0 radical (unpaired) electrons. The molecule has 0 aliphatic rings. The minimum atomic E-state index is -0.490. The summed E-state index contributed by atoms with van der Waals surface area (Å²) in [6.07, 6.45) is 0. The van der Waals surface area contributed by atoms with Gasteiger partial charge in [-0.2, -0.15) is 0 Å². The number of carbonyl (C=O) groups is 1. The lowest BCUT2D eigenvalue weighted by molar-refractivity contribution is -0.120. The van der Waals surface area contributed by atoms with Gasteiger partial charge in [-0.05, 0) is 5.92 Å². The molecule has 1 N–H and O–H groups in total. The van der Waals surface area contributed by atoms with Crippen LogP contribution < -0.4 is 15.7 Å². The van der Waals surface area contributed by atoms with E-state index >= 15 is 0 Å². The Morgan fingerprint density at radius 2 is 2.06 bits per heavy atom. The van der Waals surface area contributed by atoms with E-state index in [4.69, 9.17) is 9.15 Å². The van der Waals surface area contributed by atoms with E-state index in [0.29, 0.717) is 11.5 Å². The molecule has 1 amide bonds. The normalized spacial score (nSPS) is 12.3. The van der Waals surface area contributed by atoms with Crippen LogP contribution in [0.4, 0.5) is 0 Å². The third-order valence-electron chi connectivity index (χ3n) is 2.33. The first-order chi connectivity index (χ1) is 7.93. The molecular weight excluding hydrogens is 222 g/mol. The summed E-state index contributed by atoms with van der Waals surface area (Å²) < 4.78 is 10.1. The molecule has 94 valence electrons. The lowest BCUT2D eigenvalue weighted by atomic mass is 10.0. The van der Waals surface area contributed by atoms with E-state index in [-0.39, 0.29) is 17.9 Å². The molecule has 0 saturated heterocycles. The molecule has 1 rings (SSSR count). The predicted molar refractivity (Wildman–Crippen MR) is 62.9 cm³/mol. The molecule has 1 atom stereocenters. The summed E-state index contributed by atoms with van der Waals surface area (Å²) in [6, 6.07) is 2.53. The van der Waals surface area contributed by atoms with Gasteiger partial charge in [0.2, 0.25) is 5.91 Å². The van der Waals surface area contributed by atoms with Gasteiger partial charge in [-0.3, -0.25) is 4.79 Å². The molecule has 17 heavy (non-hydrogen) atoms. The van der Waals surface area contributed by atoms with Crippen molar-refractivity contribution < 1.29 is 13.9 Å². The molecule has 0 aliphatic heterocycles. The van der Waals surface area contributed by atoms with Gasteiger partial charge in [-0.25, -0.2) is 4.79 Å². The zero-order chi connectivity index (χ0) is 13.0. The Bertz CT molecular complexity index is 450. The third-order valence-corrected chi connectivity index (χ3v) is 2.33. The highest BCUT2D eigenvalue weighted by Crippen LogP contribution is 2.23. The van der Waals surface area contributed by atoms with Crippen LogP contribution in [0.1, 0.15) is 32.6 Å². The number of methoxy groups -OCH3 is 1. The van der Waals surface area contributed by atoms with Crippen molar-refractivity contribution in [3.05, 3.63) is 28.3 Å². The fraction of sp³-hybridized carbons (Fsp3) is 0.500. The minimum absolute atomic E-state index is 0.106. The number of hydrogen-bond acceptors (Lipinski definition) is 4. The first kappa shape index (κ1) is 13.3. The first-order valence-corrected chi connectivity index (χ1v) is 5.40. The Morgan fingerprint density at radius 3 is 2.53 bits per heavy atom. The molecular formula is C12H17NO4. The predicted octanol–water partition coefficient (Wildman–Crippen LogP) is 1.48. The standard InChI is InChI=1S/C12H17NO4/c1-7(2)12(13-8(3)14)10-5-9(16-4)6-11(15)17-10/h5-7,12H,1-4H3,(H,13,14). The summed E-state index contributed by atoms with van der Waals surface area (Å²) in [5, 5.41) is 2.75. The highest BCUT2D eigenvalue weighted by atomic mass is 16.5. The Balaban J connectivity index is 3.13. The van der Waals surface area contributed by atoms with Crippen LogP contribution in [0, 0.1) is 5.92 Å². The van der Waals surface area contributed by atoms with E-state index in [9.17, 15) is 9.59 Å². The van der Waals surface area contributed by atoms with Crippen LogP contribution in [-0.2, 0) is 4.79 Å². The summed E-state index contributed by atoms with van der Waals surface area (Å²) in [5.74, 6) is 0.759. The van der Waals surface area contributed by atoms with Crippen LogP contribution in [0.5, 0.6) is 5.75 Å². The van der Waals surface area contributed by atoms with Crippen LogP contribution >= 0.6 is 0 Å². The Morgan fingerprint density at radius 1 is 1.41 bits per heavy atom. The molecule has 0 aromatic carbocycles. The van der Waals surface area contributed by atoms with Crippen molar-refractivity contribution in [3.63, 3.8) is 0 Å². The minimum Gasteiger partial charge on any atom is -0.496 e. The fourth-order valence-electron chi connectivity index (χ4n) is 1.53. The first-order valence-electron chi connectivity index (χ1n) is 5.40. The molecule has 5 nitrogen and oxygen atoms in total. The second-order valence-corrected chi connectivity index (χ2v) is 4.14. The van der Waals surface area contributed by atoms with Gasteiger partial charge in [0.15, 0.2) is 0 Å². The van der Waals surface area contributed by atoms with Crippen molar-refractivity contribution in [2.24, 2.45) is 5.92 Å². The van der Waals surface area contributed by atoms with Crippen molar-refractivity contribution in [2.45, 2.75) is 26.8 Å². The van der Waals surface area contributed by atoms with Crippen LogP contribution in [0.25, 0.3) is 0 Å². The summed E-state index contributed by atoms with van der Waals surface area (Å²) in [6.45, 7) is 5.29. The summed E-state index contributed by atoms with van der Waals surface area (Å²) >= 11 is 0.